The van der Waals surface area contributed by atoms with E-state index in [2.05, 4.69) is 10.5 Å². The van der Waals surface area contributed by atoms with E-state index in [9.17, 15) is 4.79 Å². The van der Waals surface area contributed by atoms with E-state index in [1.807, 2.05) is 5.38 Å². The Morgan fingerprint density at radius 2 is 2.21 bits per heavy atom. The van der Waals surface area contributed by atoms with Gasteiger partial charge in [0.05, 0.1) is 9.90 Å². The number of anilines is 1. The zero-order chi connectivity index (χ0) is 13.8. The van der Waals surface area contributed by atoms with Crippen LogP contribution in [-0.4, -0.2) is 17.0 Å². The lowest BCUT2D eigenvalue weighted by atomic mass is 10.2. The molecule has 98 valence electrons. The summed E-state index contributed by atoms with van der Waals surface area (Å²) in [5.74, 6) is -0.288. The van der Waals surface area contributed by atoms with Gasteiger partial charge in [-0.2, -0.15) is 0 Å². The minimum absolute atomic E-state index is 0.0823. The fourth-order valence-electron chi connectivity index (χ4n) is 1.45. The number of carbonyl (C=O) groups is 1. The number of nitrogens with one attached hydrogen (secondary N) is 1. The zero-order valence-electron chi connectivity index (χ0n) is 9.63. The third-order valence-corrected chi connectivity index (χ3v) is 3.54. The van der Waals surface area contributed by atoms with Crippen molar-refractivity contribution in [2.75, 3.05) is 5.32 Å². The molecule has 0 aliphatic carbocycles. The molecular weight excluding hydrogens is 286 g/mol. The molecule has 0 saturated carbocycles. The van der Waals surface area contributed by atoms with Crippen molar-refractivity contribution in [3.05, 3.63) is 51.2 Å². The first kappa shape index (κ1) is 13.4. The van der Waals surface area contributed by atoms with Crippen molar-refractivity contribution in [2.24, 2.45) is 10.9 Å². The number of nitrogens with two attached hydrogens (primary N) is 1. The number of hydrogen-bond acceptors (Lipinski definition) is 4. The van der Waals surface area contributed by atoms with Crippen molar-refractivity contribution in [2.45, 2.75) is 0 Å². The van der Waals surface area contributed by atoms with Crippen molar-refractivity contribution < 1.29 is 10.0 Å². The molecule has 0 atom stereocenters. The Hall–Kier alpha value is -2.05. The molecule has 0 bridgehead atoms. The first-order valence-electron chi connectivity index (χ1n) is 5.24. The Labute approximate surface area is 118 Å². The first-order chi connectivity index (χ1) is 9.11. The van der Waals surface area contributed by atoms with Gasteiger partial charge in [0.1, 0.15) is 0 Å². The number of amides is 1. The molecule has 2 aromatic rings. The molecule has 7 heteroatoms. The highest BCUT2D eigenvalue weighted by Crippen LogP contribution is 2.22. The lowest BCUT2D eigenvalue weighted by Crippen LogP contribution is -2.14. The van der Waals surface area contributed by atoms with Crippen LogP contribution >= 0.6 is 22.9 Å². The van der Waals surface area contributed by atoms with Gasteiger partial charge in [0, 0.05) is 11.3 Å². The van der Waals surface area contributed by atoms with Crippen molar-refractivity contribution in [3.63, 3.8) is 0 Å². The van der Waals surface area contributed by atoms with Crippen LogP contribution in [0.2, 0.25) is 5.02 Å². The van der Waals surface area contributed by atoms with Crippen LogP contribution in [0.25, 0.3) is 0 Å². The van der Waals surface area contributed by atoms with Crippen molar-refractivity contribution in [1.82, 2.24) is 0 Å². The standard InChI is InChI=1S/C12H10ClN3O2S/c13-9-6-7(3-4-8(9)11(14)16-18)15-12(17)10-2-1-5-19-10/h1-6,18H,(H2,14,16)(H,15,17). The molecule has 2 rings (SSSR count). The SMILES string of the molecule is N/C(=N\O)c1ccc(NC(=O)c2cccs2)cc1Cl. The van der Waals surface area contributed by atoms with E-state index < -0.39 is 0 Å². The summed E-state index contributed by atoms with van der Waals surface area (Å²) in [6.45, 7) is 0. The third-order valence-electron chi connectivity index (χ3n) is 2.36. The molecule has 5 nitrogen and oxygen atoms in total. The lowest BCUT2D eigenvalue weighted by Gasteiger charge is -2.07. The number of nitrogens with zero attached hydrogens (tertiary/aromatic N) is 1. The van der Waals surface area contributed by atoms with Crippen LogP contribution in [0.15, 0.2) is 40.9 Å². The van der Waals surface area contributed by atoms with E-state index >= 15 is 0 Å². The normalized spacial score (nSPS) is 11.3. The Kier molecular flexibility index (Phi) is 4.03. The van der Waals surface area contributed by atoms with Crippen molar-refractivity contribution in [1.29, 1.82) is 0 Å². The van der Waals surface area contributed by atoms with Crippen LogP contribution < -0.4 is 11.1 Å². The molecule has 1 aromatic heterocycles. The first-order valence-corrected chi connectivity index (χ1v) is 6.50. The number of carbonyl (C=O) groups excluding carboxylic acids is 1. The van der Waals surface area contributed by atoms with Gasteiger partial charge in [0.2, 0.25) is 0 Å². The minimum Gasteiger partial charge on any atom is -0.409 e. The molecule has 1 amide bonds. The number of amidine groups is 1. The molecule has 0 radical (unpaired) electrons. The Morgan fingerprint density at radius 3 is 2.79 bits per heavy atom. The van der Waals surface area contributed by atoms with Crippen molar-refractivity contribution in [3.8, 4) is 0 Å². The van der Waals surface area contributed by atoms with E-state index in [4.69, 9.17) is 22.5 Å². The van der Waals surface area contributed by atoms with Crippen LogP contribution in [0.1, 0.15) is 15.2 Å². The highest BCUT2D eigenvalue weighted by Gasteiger charge is 2.10. The van der Waals surface area contributed by atoms with E-state index in [-0.39, 0.29) is 11.7 Å². The maximum Gasteiger partial charge on any atom is 0.265 e. The molecular formula is C12H10ClN3O2S. The maximum absolute atomic E-state index is 11.8. The number of oxime groups is 1. The van der Waals surface area contributed by atoms with Gasteiger partial charge in [0.15, 0.2) is 5.84 Å². The summed E-state index contributed by atoms with van der Waals surface area (Å²) in [6, 6.07) is 8.27. The Bertz CT molecular complexity index is 626. The van der Waals surface area contributed by atoms with Gasteiger partial charge in [-0.05, 0) is 29.6 Å². The second-order valence-corrected chi connectivity index (χ2v) is 4.97. The van der Waals surface area contributed by atoms with Gasteiger partial charge in [-0.25, -0.2) is 0 Å². The van der Waals surface area contributed by atoms with E-state index in [0.29, 0.717) is 21.2 Å². The predicted octanol–water partition coefficient (Wildman–Crippen LogP) is 2.75. The largest absolute Gasteiger partial charge is 0.409 e. The summed E-state index contributed by atoms with van der Waals surface area (Å²) >= 11 is 7.34. The topological polar surface area (TPSA) is 87.7 Å². The molecule has 0 fully saturated rings. The maximum atomic E-state index is 11.8. The predicted molar refractivity (Wildman–Crippen MR) is 76.2 cm³/mol. The summed E-state index contributed by atoms with van der Waals surface area (Å²) in [6.07, 6.45) is 0. The Morgan fingerprint density at radius 1 is 1.42 bits per heavy atom. The average Bonchev–Trinajstić information content (AvgIpc) is 2.92. The van der Waals surface area contributed by atoms with Crippen molar-refractivity contribution >= 4 is 40.4 Å². The molecule has 1 aromatic carbocycles. The van der Waals surface area contributed by atoms with Crippen LogP contribution in [0, 0.1) is 0 Å². The fraction of sp³-hybridized carbons (Fsp3) is 0. The molecule has 1 heterocycles. The third kappa shape index (κ3) is 3.04. The van der Waals surface area contributed by atoms with Gasteiger partial charge < -0.3 is 16.3 Å². The molecule has 0 aliphatic heterocycles. The lowest BCUT2D eigenvalue weighted by molar-refractivity contribution is 0.103. The van der Waals surface area contributed by atoms with Gasteiger partial charge in [-0.1, -0.05) is 22.8 Å². The van der Waals surface area contributed by atoms with Crippen LogP contribution in [0.3, 0.4) is 0 Å². The molecule has 0 unspecified atom stereocenters. The molecule has 0 aliphatic rings. The summed E-state index contributed by atoms with van der Waals surface area (Å²) in [7, 11) is 0. The number of benzene rings is 1. The van der Waals surface area contributed by atoms with Gasteiger partial charge in [0.25, 0.3) is 5.91 Å². The van der Waals surface area contributed by atoms with Gasteiger partial charge in [-0.15, -0.1) is 11.3 Å². The zero-order valence-corrected chi connectivity index (χ0v) is 11.2. The number of thiophene rings is 1. The smallest absolute Gasteiger partial charge is 0.265 e. The summed E-state index contributed by atoms with van der Waals surface area (Å²) in [5.41, 5.74) is 6.39. The fourth-order valence-corrected chi connectivity index (χ4v) is 2.35. The van der Waals surface area contributed by atoms with Gasteiger partial charge >= 0.3 is 0 Å². The van der Waals surface area contributed by atoms with Crippen LogP contribution in [-0.2, 0) is 0 Å². The molecule has 0 saturated heterocycles. The number of halogens is 1. The Balaban J connectivity index is 2.19. The van der Waals surface area contributed by atoms with Crippen LogP contribution in [0.4, 0.5) is 5.69 Å². The molecule has 4 N–H and O–H groups in total. The highest BCUT2D eigenvalue weighted by molar-refractivity contribution is 7.12. The minimum atomic E-state index is -0.206. The summed E-state index contributed by atoms with van der Waals surface area (Å²) in [4.78, 5) is 12.4. The quantitative estimate of drug-likeness (QED) is 0.352. The molecule has 19 heavy (non-hydrogen) atoms. The summed E-state index contributed by atoms with van der Waals surface area (Å²) < 4.78 is 0. The highest BCUT2D eigenvalue weighted by atomic mass is 35.5. The van der Waals surface area contributed by atoms with Gasteiger partial charge in [-0.3, -0.25) is 4.79 Å². The number of rotatable bonds is 3. The second-order valence-electron chi connectivity index (χ2n) is 3.61. The number of hydrogen-bond donors (Lipinski definition) is 3. The van der Waals surface area contributed by atoms with Crippen LogP contribution in [0.5, 0.6) is 0 Å². The van der Waals surface area contributed by atoms with E-state index in [0.717, 1.165) is 0 Å². The van der Waals surface area contributed by atoms with E-state index in [1.165, 1.54) is 11.3 Å². The second kappa shape index (κ2) is 5.73. The average molecular weight is 296 g/mol. The monoisotopic (exact) mass is 295 g/mol. The summed E-state index contributed by atoms with van der Waals surface area (Å²) in [5, 5.41) is 16.3. The van der Waals surface area contributed by atoms with E-state index in [1.54, 1.807) is 30.3 Å². The molecule has 0 spiro atoms.